The van der Waals surface area contributed by atoms with Gasteiger partial charge in [0.2, 0.25) is 5.91 Å². The first-order chi connectivity index (χ1) is 11.4. The number of esters is 1. The number of Topliss-reactive ketones (excluding diaryl/α,β-unsaturated/α-hetero) is 1. The summed E-state index contributed by atoms with van der Waals surface area (Å²) in [6.45, 7) is 3.79. The van der Waals surface area contributed by atoms with Crippen LogP contribution in [0.2, 0.25) is 0 Å². The quantitative estimate of drug-likeness (QED) is 0.639. The third kappa shape index (κ3) is 4.52. The van der Waals surface area contributed by atoms with Gasteiger partial charge in [0.15, 0.2) is 5.78 Å². The van der Waals surface area contributed by atoms with Crippen LogP contribution in [0.3, 0.4) is 0 Å². The molecule has 1 amide bonds. The Morgan fingerprint density at radius 1 is 1.08 bits per heavy atom. The Bertz CT molecular complexity index is 762. The zero-order chi connectivity index (χ0) is 17.7. The van der Waals surface area contributed by atoms with Gasteiger partial charge in [-0.15, -0.1) is 11.3 Å². The molecule has 0 aliphatic carbocycles. The van der Waals surface area contributed by atoms with Gasteiger partial charge >= 0.3 is 5.97 Å². The van der Waals surface area contributed by atoms with Crippen LogP contribution in [-0.4, -0.2) is 24.8 Å². The van der Waals surface area contributed by atoms with Gasteiger partial charge in [-0.3, -0.25) is 9.59 Å². The minimum Gasteiger partial charge on any atom is -0.465 e. The average molecular weight is 345 g/mol. The minimum atomic E-state index is -0.495. The number of anilines is 1. The maximum atomic E-state index is 12.1. The number of benzene rings is 1. The summed E-state index contributed by atoms with van der Waals surface area (Å²) in [5.74, 6) is -0.881. The van der Waals surface area contributed by atoms with Crippen LogP contribution in [0.5, 0.6) is 0 Å². The Balaban J connectivity index is 1.95. The molecule has 0 bridgehead atoms. The minimum absolute atomic E-state index is 0.0598. The standard InChI is InChI=1S/C18H19NO4S/c1-11-4-6-13(7-5-11)15(20)8-9-16(21)19-17-14(18(22)23-3)10-12(2)24-17/h4-7,10H,8-9H2,1-3H3,(H,19,21). The topological polar surface area (TPSA) is 72.5 Å². The van der Waals surface area contributed by atoms with Crippen LogP contribution in [0.15, 0.2) is 30.3 Å². The Morgan fingerprint density at radius 3 is 2.38 bits per heavy atom. The molecule has 2 rings (SSSR count). The van der Waals surface area contributed by atoms with Crippen LogP contribution in [0, 0.1) is 13.8 Å². The Kier molecular flexibility index (Phi) is 5.87. The monoisotopic (exact) mass is 345 g/mol. The van der Waals surface area contributed by atoms with Crippen molar-refractivity contribution in [2.45, 2.75) is 26.7 Å². The van der Waals surface area contributed by atoms with Crippen LogP contribution >= 0.6 is 11.3 Å². The van der Waals surface area contributed by atoms with E-state index in [1.807, 2.05) is 26.0 Å². The number of ether oxygens (including phenoxy) is 1. The number of carbonyl (C=O) groups is 3. The predicted octanol–water partition coefficient (Wildman–Crippen LogP) is 3.75. The van der Waals surface area contributed by atoms with Crippen molar-refractivity contribution in [2.75, 3.05) is 12.4 Å². The maximum Gasteiger partial charge on any atom is 0.340 e. The molecule has 24 heavy (non-hydrogen) atoms. The van der Waals surface area contributed by atoms with E-state index in [-0.39, 0.29) is 24.5 Å². The second-order valence-corrected chi connectivity index (χ2v) is 6.69. The van der Waals surface area contributed by atoms with Gasteiger partial charge in [0.1, 0.15) is 5.00 Å². The number of nitrogens with one attached hydrogen (secondary N) is 1. The van der Waals surface area contributed by atoms with Crippen LogP contribution < -0.4 is 5.32 Å². The zero-order valence-electron chi connectivity index (χ0n) is 13.8. The molecule has 1 N–H and O–H groups in total. The molecule has 0 radical (unpaired) electrons. The van der Waals surface area contributed by atoms with Gasteiger partial charge in [0.05, 0.1) is 12.7 Å². The molecule has 0 unspecified atom stereocenters. The lowest BCUT2D eigenvalue weighted by Gasteiger charge is -2.05. The van der Waals surface area contributed by atoms with Crippen molar-refractivity contribution in [3.8, 4) is 0 Å². The molecule has 0 aliphatic rings. The molecular weight excluding hydrogens is 326 g/mol. The van der Waals surface area contributed by atoms with Gasteiger partial charge in [0.25, 0.3) is 0 Å². The number of aryl methyl sites for hydroxylation is 2. The van der Waals surface area contributed by atoms with E-state index in [4.69, 9.17) is 4.74 Å². The van der Waals surface area contributed by atoms with Crippen LogP contribution in [-0.2, 0) is 9.53 Å². The summed E-state index contributed by atoms with van der Waals surface area (Å²) in [6, 6.07) is 8.92. The summed E-state index contributed by atoms with van der Waals surface area (Å²) < 4.78 is 4.70. The summed E-state index contributed by atoms with van der Waals surface area (Å²) in [6.07, 6.45) is 0.178. The number of hydrogen-bond donors (Lipinski definition) is 1. The van der Waals surface area contributed by atoms with Crippen molar-refractivity contribution in [1.82, 2.24) is 0 Å². The molecule has 0 saturated carbocycles. The van der Waals surface area contributed by atoms with Crippen molar-refractivity contribution >= 4 is 34.0 Å². The van der Waals surface area contributed by atoms with Crippen LogP contribution in [0.4, 0.5) is 5.00 Å². The molecule has 0 atom stereocenters. The lowest BCUT2D eigenvalue weighted by Crippen LogP contribution is -2.15. The molecule has 1 heterocycles. The van der Waals surface area contributed by atoms with E-state index in [1.165, 1.54) is 18.4 Å². The summed E-state index contributed by atoms with van der Waals surface area (Å²) in [4.78, 5) is 36.7. The Morgan fingerprint density at radius 2 is 1.75 bits per heavy atom. The molecule has 0 aliphatic heterocycles. The second kappa shape index (κ2) is 7.88. The first-order valence-electron chi connectivity index (χ1n) is 7.49. The number of carbonyl (C=O) groups excluding carboxylic acids is 3. The fourth-order valence-electron chi connectivity index (χ4n) is 2.17. The summed E-state index contributed by atoms with van der Waals surface area (Å²) in [7, 11) is 1.29. The fraction of sp³-hybridized carbons (Fsp3) is 0.278. The molecule has 0 spiro atoms. The average Bonchev–Trinajstić information content (AvgIpc) is 2.92. The first kappa shape index (κ1) is 17.9. The maximum absolute atomic E-state index is 12.1. The number of ketones is 1. The van der Waals surface area contributed by atoms with E-state index in [9.17, 15) is 14.4 Å². The smallest absolute Gasteiger partial charge is 0.340 e. The lowest BCUT2D eigenvalue weighted by molar-refractivity contribution is -0.116. The Labute approximate surface area is 144 Å². The van der Waals surface area contributed by atoms with Crippen molar-refractivity contribution in [1.29, 1.82) is 0 Å². The van der Waals surface area contributed by atoms with E-state index in [2.05, 4.69) is 5.32 Å². The van der Waals surface area contributed by atoms with E-state index in [0.29, 0.717) is 16.1 Å². The molecule has 2 aromatic rings. The third-order valence-electron chi connectivity index (χ3n) is 3.47. The highest BCUT2D eigenvalue weighted by molar-refractivity contribution is 7.16. The number of amides is 1. The Hall–Kier alpha value is -2.47. The summed E-state index contributed by atoms with van der Waals surface area (Å²) in [5, 5.41) is 3.14. The number of rotatable bonds is 6. The van der Waals surface area contributed by atoms with Crippen molar-refractivity contribution < 1.29 is 19.1 Å². The zero-order valence-corrected chi connectivity index (χ0v) is 14.7. The number of methoxy groups -OCH3 is 1. The molecule has 0 saturated heterocycles. The van der Waals surface area contributed by atoms with E-state index in [1.54, 1.807) is 18.2 Å². The first-order valence-corrected chi connectivity index (χ1v) is 8.31. The molecular formula is C18H19NO4S. The highest BCUT2D eigenvalue weighted by atomic mass is 32.1. The van der Waals surface area contributed by atoms with E-state index in [0.717, 1.165) is 10.4 Å². The molecule has 0 fully saturated rings. The normalized spacial score (nSPS) is 10.3. The fourth-order valence-corrected chi connectivity index (χ4v) is 3.08. The SMILES string of the molecule is COC(=O)c1cc(C)sc1NC(=O)CCC(=O)c1ccc(C)cc1. The van der Waals surface area contributed by atoms with E-state index < -0.39 is 5.97 Å². The molecule has 126 valence electrons. The van der Waals surface area contributed by atoms with Gasteiger partial charge in [0, 0.05) is 23.3 Å². The van der Waals surface area contributed by atoms with Crippen LogP contribution in [0.25, 0.3) is 0 Å². The van der Waals surface area contributed by atoms with Gasteiger partial charge in [-0.1, -0.05) is 29.8 Å². The van der Waals surface area contributed by atoms with Crippen molar-refractivity contribution in [2.24, 2.45) is 0 Å². The van der Waals surface area contributed by atoms with Gasteiger partial charge < -0.3 is 10.1 Å². The summed E-state index contributed by atoms with van der Waals surface area (Å²) >= 11 is 1.30. The van der Waals surface area contributed by atoms with Gasteiger partial charge in [-0.05, 0) is 19.9 Å². The van der Waals surface area contributed by atoms with Crippen molar-refractivity contribution in [3.63, 3.8) is 0 Å². The largest absolute Gasteiger partial charge is 0.465 e. The summed E-state index contributed by atoms with van der Waals surface area (Å²) in [5.41, 5.74) is 2.00. The molecule has 1 aromatic carbocycles. The third-order valence-corrected chi connectivity index (χ3v) is 4.43. The highest BCUT2D eigenvalue weighted by Crippen LogP contribution is 2.28. The molecule has 6 heteroatoms. The van der Waals surface area contributed by atoms with Crippen molar-refractivity contribution in [3.05, 3.63) is 51.9 Å². The lowest BCUT2D eigenvalue weighted by atomic mass is 10.1. The van der Waals surface area contributed by atoms with Gasteiger partial charge in [-0.25, -0.2) is 4.79 Å². The number of hydrogen-bond acceptors (Lipinski definition) is 5. The predicted molar refractivity (Wildman–Crippen MR) is 93.8 cm³/mol. The number of thiophene rings is 1. The van der Waals surface area contributed by atoms with E-state index >= 15 is 0 Å². The molecule has 5 nitrogen and oxygen atoms in total. The second-order valence-electron chi connectivity index (χ2n) is 5.43. The van der Waals surface area contributed by atoms with Crippen LogP contribution in [0.1, 0.15) is 44.0 Å². The molecule has 1 aromatic heterocycles. The van der Waals surface area contributed by atoms with Gasteiger partial charge in [-0.2, -0.15) is 0 Å². The highest BCUT2D eigenvalue weighted by Gasteiger charge is 2.18.